The number of hydrogen-bond acceptors (Lipinski definition) is 3. The summed E-state index contributed by atoms with van der Waals surface area (Å²) >= 11 is 0. The highest BCUT2D eigenvalue weighted by molar-refractivity contribution is 5.81. The van der Waals surface area contributed by atoms with Crippen molar-refractivity contribution in [1.29, 1.82) is 0 Å². The molecule has 0 saturated carbocycles. The van der Waals surface area contributed by atoms with Crippen LogP contribution in [0.15, 0.2) is 0 Å². The van der Waals surface area contributed by atoms with Gasteiger partial charge in [-0.15, -0.1) is 0 Å². The number of carbonyl (C=O) groups excluding carboxylic acids is 2. The molecule has 116 valence electrons. The maximum atomic E-state index is 12.1. The number of carbonyl (C=O) groups is 2. The summed E-state index contributed by atoms with van der Waals surface area (Å²) in [4.78, 5) is 25.9. The summed E-state index contributed by atoms with van der Waals surface area (Å²) in [6.07, 6.45) is 5.08. The van der Waals surface area contributed by atoms with Gasteiger partial charge in [0.15, 0.2) is 0 Å². The predicted octanol–water partition coefficient (Wildman–Crippen LogP) is 1.27. The molecule has 0 spiro atoms. The molecule has 5 nitrogen and oxygen atoms in total. The minimum Gasteiger partial charge on any atom is -0.356 e. The number of likely N-dealkylation sites (tertiary alicyclic amines) is 1. The molecule has 0 aliphatic carbocycles. The van der Waals surface area contributed by atoms with Crippen molar-refractivity contribution in [3.05, 3.63) is 0 Å². The first-order chi connectivity index (χ1) is 9.54. The van der Waals surface area contributed by atoms with Crippen LogP contribution >= 0.6 is 0 Å². The molecule has 1 aliphatic heterocycles. The Morgan fingerprint density at radius 1 is 1.45 bits per heavy atom. The van der Waals surface area contributed by atoms with Crippen LogP contribution in [0, 0.1) is 5.92 Å². The molecule has 0 aromatic heterocycles. The maximum absolute atomic E-state index is 12.1. The Kier molecular flexibility index (Phi) is 7.59. The van der Waals surface area contributed by atoms with Crippen molar-refractivity contribution in [2.75, 3.05) is 19.6 Å². The highest BCUT2D eigenvalue weighted by Gasteiger charge is 2.27. The van der Waals surface area contributed by atoms with Crippen LogP contribution in [0.1, 0.15) is 52.4 Å². The minimum absolute atomic E-state index is 0.0418. The van der Waals surface area contributed by atoms with E-state index in [-0.39, 0.29) is 23.8 Å². The fourth-order valence-corrected chi connectivity index (χ4v) is 2.46. The van der Waals surface area contributed by atoms with Crippen molar-refractivity contribution >= 4 is 11.8 Å². The summed E-state index contributed by atoms with van der Waals surface area (Å²) in [6.45, 7) is 6.09. The van der Waals surface area contributed by atoms with Crippen LogP contribution in [-0.2, 0) is 9.59 Å². The Labute approximate surface area is 122 Å². The molecule has 20 heavy (non-hydrogen) atoms. The van der Waals surface area contributed by atoms with Crippen LogP contribution in [0.4, 0.5) is 0 Å². The first kappa shape index (κ1) is 17.0. The van der Waals surface area contributed by atoms with Crippen molar-refractivity contribution in [2.24, 2.45) is 11.7 Å². The number of amides is 2. The number of hydrogen-bond donors (Lipinski definition) is 2. The van der Waals surface area contributed by atoms with Gasteiger partial charge in [0.25, 0.3) is 0 Å². The zero-order valence-electron chi connectivity index (χ0n) is 12.9. The molecule has 3 N–H and O–H groups in total. The number of nitrogens with zero attached hydrogens (tertiary/aromatic N) is 1. The molecule has 2 unspecified atom stereocenters. The Hall–Kier alpha value is -1.10. The average molecular weight is 283 g/mol. The molecule has 2 amide bonds. The number of unbranched alkanes of at least 4 members (excludes halogenated alkanes) is 1. The predicted molar refractivity (Wildman–Crippen MR) is 80.1 cm³/mol. The standard InChI is InChI=1S/C15H29N3O2/c1-3-4-9-17-15(20)13-6-5-10-18(11-13)14(19)8-7-12(2)16/h12-13H,3-11,16H2,1-2H3,(H,17,20). The van der Waals surface area contributed by atoms with Crippen molar-refractivity contribution < 1.29 is 9.59 Å². The van der Waals surface area contributed by atoms with E-state index in [1.807, 2.05) is 11.8 Å². The second-order valence-electron chi connectivity index (χ2n) is 5.84. The molecule has 1 aliphatic rings. The van der Waals surface area contributed by atoms with Gasteiger partial charge >= 0.3 is 0 Å². The molecule has 5 heteroatoms. The molecule has 1 heterocycles. The summed E-state index contributed by atoms with van der Waals surface area (Å²) in [5.41, 5.74) is 5.68. The van der Waals surface area contributed by atoms with Gasteiger partial charge in [-0.25, -0.2) is 0 Å². The zero-order chi connectivity index (χ0) is 15.0. The molecular weight excluding hydrogens is 254 g/mol. The largest absolute Gasteiger partial charge is 0.356 e. The van der Waals surface area contributed by atoms with Crippen LogP contribution in [0.2, 0.25) is 0 Å². The van der Waals surface area contributed by atoms with Gasteiger partial charge in [-0.3, -0.25) is 9.59 Å². The summed E-state index contributed by atoms with van der Waals surface area (Å²) in [7, 11) is 0. The highest BCUT2D eigenvalue weighted by atomic mass is 16.2. The maximum Gasteiger partial charge on any atom is 0.224 e. The van der Waals surface area contributed by atoms with E-state index in [0.717, 1.165) is 38.8 Å². The third kappa shape index (κ3) is 5.90. The monoisotopic (exact) mass is 283 g/mol. The van der Waals surface area contributed by atoms with Crippen molar-refractivity contribution in [3.63, 3.8) is 0 Å². The quantitative estimate of drug-likeness (QED) is 0.691. The van der Waals surface area contributed by atoms with Gasteiger partial charge in [-0.05, 0) is 32.6 Å². The minimum atomic E-state index is -0.0418. The van der Waals surface area contributed by atoms with E-state index in [9.17, 15) is 9.59 Å². The molecule has 0 aromatic carbocycles. The second-order valence-corrected chi connectivity index (χ2v) is 5.84. The second kappa shape index (κ2) is 8.95. The first-order valence-electron chi connectivity index (χ1n) is 7.85. The van der Waals surface area contributed by atoms with Gasteiger partial charge in [-0.1, -0.05) is 13.3 Å². The summed E-state index contributed by atoms with van der Waals surface area (Å²) in [5, 5.41) is 2.97. The lowest BCUT2D eigenvalue weighted by molar-refractivity contribution is -0.135. The average Bonchev–Trinajstić information content (AvgIpc) is 2.45. The van der Waals surface area contributed by atoms with Crippen LogP contribution in [0.5, 0.6) is 0 Å². The van der Waals surface area contributed by atoms with Crippen LogP contribution in [-0.4, -0.2) is 42.4 Å². The fourth-order valence-electron chi connectivity index (χ4n) is 2.46. The number of rotatable bonds is 7. The summed E-state index contributed by atoms with van der Waals surface area (Å²) < 4.78 is 0. The van der Waals surface area contributed by atoms with Crippen molar-refractivity contribution in [2.45, 2.75) is 58.4 Å². The van der Waals surface area contributed by atoms with Gasteiger partial charge in [0.2, 0.25) is 11.8 Å². The number of nitrogens with two attached hydrogens (primary N) is 1. The molecule has 0 aromatic rings. The Morgan fingerprint density at radius 2 is 2.20 bits per heavy atom. The number of piperidine rings is 1. The molecular formula is C15H29N3O2. The summed E-state index contributed by atoms with van der Waals surface area (Å²) in [6, 6.07) is 0.0527. The lowest BCUT2D eigenvalue weighted by Gasteiger charge is -2.32. The SMILES string of the molecule is CCCCNC(=O)C1CCCN(C(=O)CCC(C)N)C1. The van der Waals surface area contributed by atoms with E-state index in [0.29, 0.717) is 19.4 Å². The molecule has 1 fully saturated rings. The fraction of sp³-hybridized carbons (Fsp3) is 0.867. The van der Waals surface area contributed by atoms with Gasteiger partial charge in [0.05, 0.1) is 5.92 Å². The molecule has 0 bridgehead atoms. The number of nitrogens with one attached hydrogen (secondary N) is 1. The van der Waals surface area contributed by atoms with E-state index < -0.39 is 0 Å². The van der Waals surface area contributed by atoms with Crippen LogP contribution < -0.4 is 11.1 Å². The molecule has 0 radical (unpaired) electrons. The molecule has 1 saturated heterocycles. The smallest absolute Gasteiger partial charge is 0.224 e. The normalized spacial score (nSPS) is 20.6. The van der Waals surface area contributed by atoms with Crippen LogP contribution in [0.3, 0.4) is 0 Å². The van der Waals surface area contributed by atoms with Crippen molar-refractivity contribution in [1.82, 2.24) is 10.2 Å². The zero-order valence-corrected chi connectivity index (χ0v) is 12.9. The van der Waals surface area contributed by atoms with E-state index in [1.54, 1.807) is 0 Å². The topological polar surface area (TPSA) is 75.4 Å². The van der Waals surface area contributed by atoms with E-state index in [1.165, 1.54) is 0 Å². The first-order valence-corrected chi connectivity index (χ1v) is 7.85. The summed E-state index contributed by atoms with van der Waals surface area (Å²) in [5.74, 6) is 0.191. The van der Waals surface area contributed by atoms with Gasteiger partial charge < -0.3 is 16.0 Å². The van der Waals surface area contributed by atoms with E-state index in [2.05, 4.69) is 12.2 Å². The van der Waals surface area contributed by atoms with E-state index >= 15 is 0 Å². The lowest BCUT2D eigenvalue weighted by atomic mass is 9.96. The van der Waals surface area contributed by atoms with Crippen LogP contribution in [0.25, 0.3) is 0 Å². The van der Waals surface area contributed by atoms with E-state index in [4.69, 9.17) is 5.73 Å². The Balaban J connectivity index is 2.37. The Morgan fingerprint density at radius 3 is 2.85 bits per heavy atom. The van der Waals surface area contributed by atoms with Gasteiger partial charge in [0, 0.05) is 32.1 Å². The highest BCUT2D eigenvalue weighted by Crippen LogP contribution is 2.18. The lowest BCUT2D eigenvalue weighted by Crippen LogP contribution is -2.45. The third-order valence-electron chi connectivity index (χ3n) is 3.79. The Bertz CT molecular complexity index is 318. The van der Waals surface area contributed by atoms with Crippen molar-refractivity contribution in [3.8, 4) is 0 Å². The molecule has 2 atom stereocenters. The third-order valence-corrected chi connectivity index (χ3v) is 3.79. The van der Waals surface area contributed by atoms with Gasteiger partial charge in [0.1, 0.15) is 0 Å². The molecule has 1 rings (SSSR count). The van der Waals surface area contributed by atoms with Gasteiger partial charge in [-0.2, -0.15) is 0 Å².